The maximum Gasteiger partial charge on any atom is 0.391 e. The van der Waals surface area contributed by atoms with Gasteiger partial charge in [-0.2, -0.15) is 13.2 Å². The van der Waals surface area contributed by atoms with Gasteiger partial charge in [0.25, 0.3) is 0 Å². The quantitative estimate of drug-likeness (QED) is 0.741. The summed E-state index contributed by atoms with van der Waals surface area (Å²) in [5.74, 6) is -0.839. The SMILES string of the molecule is NC(C1=CCCCC1)C1CCC(C(F)(F)F)CC1. The molecule has 2 aliphatic rings. The Morgan fingerprint density at radius 2 is 1.78 bits per heavy atom. The first-order valence-electron chi connectivity index (χ1n) is 6.99. The lowest BCUT2D eigenvalue weighted by atomic mass is 9.75. The molecule has 2 rings (SSSR count). The molecule has 2 N–H and O–H groups in total. The smallest absolute Gasteiger partial charge is 0.324 e. The third kappa shape index (κ3) is 3.28. The van der Waals surface area contributed by atoms with Gasteiger partial charge in [-0.05, 0) is 57.3 Å². The van der Waals surface area contributed by atoms with Crippen molar-refractivity contribution in [1.29, 1.82) is 0 Å². The van der Waals surface area contributed by atoms with Gasteiger partial charge in [-0.15, -0.1) is 0 Å². The molecule has 1 saturated carbocycles. The van der Waals surface area contributed by atoms with Crippen LogP contribution in [-0.4, -0.2) is 12.2 Å². The van der Waals surface area contributed by atoms with Crippen molar-refractivity contribution < 1.29 is 13.2 Å². The summed E-state index contributed by atoms with van der Waals surface area (Å²) in [5, 5.41) is 0. The van der Waals surface area contributed by atoms with Gasteiger partial charge < -0.3 is 5.73 Å². The molecule has 0 bridgehead atoms. The van der Waals surface area contributed by atoms with Crippen molar-refractivity contribution in [2.45, 2.75) is 63.6 Å². The first-order chi connectivity index (χ1) is 8.48. The van der Waals surface area contributed by atoms with E-state index in [0.29, 0.717) is 12.8 Å². The second-order valence-electron chi connectivity index (χ2n) is 5.70. The van der Waals surface area contributed by atoms with Gasteiger partial charge in [-0.25, -0.2) is 0 Å². The third-order valence-electron chi connectivity index (χ3n) is 4.50. The lowest BCUT2D eigenvalue weighted by Gasteiger charge is -2.34. The van der Waals surface area contributed by atoms with E-state index in [1.165, 1.54) is 18.4 Å². The van der Waals surface area contributed by atoms with Gasteiger partial charge in [0, 0.05) is 6.04 Å². The van der Waals surface area contributed by atoms with Gasteiger partial charge in [-0.3, -0.25) is 0 Å². The second kappa shape index (κ2) is 5.64. The van der Waals surface area contributed by atoms with Crippen LogP contribution in [0.25, 0.3) is 0 Å². The summed E-state index contributed by atoms with van der Waals surface area (Å²) in [6.45, 7) is 0. The molecule has 0 aromatic rings. The van der Waals surface area contributed by atoms with Gasteiger partial charge in [0.1, 0.15) is 0 Å². The number of hydrogen-bond donors (Lipinski definition) is 1. The molecular weight excluding hydrogens is 239 g/mol. The zero-order valence-corrected chi connectivity index (χ0v) is 10.7. The Kier molecular flexibility index (Phi) is 4.36. The molecule has 0 aromatic heterocycles. The van der Waals surface area contributed by atoms with Crippen molar-refractivity contribution >= 4 is 0 Å². The molecule has 0 aromatic carbocycles. The van der Waals surface area contributed by atoms with E-state index in [2.05, 4.69) is 6.08 Å². The van der Waals surface area contributed by atoms with E-state index in [9.17, 15) is 13.2 Å². The zero-order chi connectivity index (χ0) is 13.2. The van der Waals surface area contributed by atoms with E-state index in [1.807, 2.05) is 0 Å². The molecule has 18 heavy (non-hydrogen) atoms. The Morgan fingerprint density at radius 1 is 1.11 bits per heavy atom. The van der Waals surface area contributed by atoms with Crippen LogP contribution in [0.4, 0.5) is 13.2 Å². The van der Waals surface area contributed by atoms with Crippen LogP contribution in [0.2, 0.25) is 0 Å². The number of alkyl halides is 3. The number of nitrogens with two attached hydrogens (primary N) is 1. The van der Waals surface area contributed by atoms with Crippen molar-refractivity contribution in [1.82, 2.24) is 0 Å². The molecule has 0 heterocycles. The highest BCUT2D eigenvalue weighted by molar-refractivity contribution is 5.14. The van der Waals surface area contributed by atoms with E-state index in [1.54, 1.807) is 0 Å². The topological polar surface area (TPSA) is 26.0 Å². The van der Waals surface area contributed by atoms with E-state index < -0.39 is 12.1 Å². The summed E-state index contributed by atoms with van der Waals surface area (Å²) in [7, 11) is 0. The van der Waals surface area contributed by atoms with Crippen molar-refractivity contribution in [2.24, 2.45) is 17.6 Å². The highest BCUT2D eigenvalue weighted by atomic mass is 19.4. The molecular formula is C14H22F3N. The number of hydrogen-bond acceptors (Lipinski definition) is 1. The predicted octanol–water partition coefficient (Wildman–Crippen LogP) is 4.18. The third-order valence-corrected chi connectivity index (χ3v) is 4.50. The van der Waals surface area contributed by atoms with Gasteiger partial charge in [0.2, 0.25) is 0 Å². The maximum atomic E-state index is 12.6. The number of halogens is 3. The Morgan fingerprint density at radius 3 is 2.28 bits per heavy atom. The summed E-state index contributed by atoms with van der Waals surface area (Å²) in [4.78, 5) is 0. The molecule has 0 saturated heterocycles. The lowest BCUT2D eigenvalue weighted by Crippen LogP contribution is -2.37. The lowest BCUT2D eigenvalue weighted by molar-refractivity contribution is -0.184. The number of allylic oxidation sites excluding steroid dienone is 1. The molecule has 1 fully saturated rings. The molecule has 2 aliphatic carbocycles. The van der Waals surface area contributed by atoms with E-state index >= 15 is 0 Å². The van der Waals surface area contributed by atoms with Crippen LogP contribution in [-0.2, 0) is 0 Å². The monoisotopic (exact) mass is 261 g/mol. The molecule has 0 amide bonds. The van der Waals surface area contributed by atoms with Crippen LogP contribution in [0.3, 0.4) is 0 Å². The second-order valence-corrected chi connectivity index (χ2v) is 5.70. The Balaban J connectivity index is 1.87. The van der Waals surface area contributed by atoms with Crippen LogP contribution in [0.1, 0.15) is 51.4 Å². The van der Waals surface area contributed by atoms with Crippen LogP contribution in [0.15, 0.2) is 11.6 Å². The summed E-state index contributed by atoms with van der Waals surface area (Å²) in [5.41, 5.74) is 7.52. The normalized spacial score (nSPS) is 31.9. The zero-order valence-electron chi connectivity index (χ0n) is 10.7. The highest BCUT2D eigenvalue weighted by Crippen LogP contribution is 2.41. The molecule has 0 spiro atoms. The average Bonchev–Trinajstić information content (AvgIpc) is 2.38. The Labute approximate surface area is 107 Å². The summed E-state index contributed by atoms with van der Waals surface area (Å²) < 4.78 is 37.7. The molecule has 0 radical (unpaired) electrons. The largest absolute Gasteiger partial charge is 0.391 e. The van der Waals surface area contributed by atoms with E-state index in [-0.39, 0.29) is 24.8 Å². The van der Waals surface area contributed by atoms with E-state index in [0.717, 1.165) is 12.8 Å². The minimum atomic E-state index is -4.01. The van der Waals surface area contributed by atoms with Crippen LogP contribution >= 0.6 is 0 Å². The molecule has 1 unspecified atom stereocenters. The van der Waals surface area contributed by atoms with Crippen molar-refractivity contribution in [3.8, 4) is 0 Å². The predicted molar refractivity (Wildman–Crippen MR) is 66.0 cm³/mol. The maximum absolute atomic E-state index is 12.6. The van der Waals surface area contributed by atoms with Crippen LogP contribution < -0.4 is 5.73 Å². The fourth-order valence-corrected chi connectivity index (χ4v) is 3.27. The van der Waals surface area contributed by atoms with Crippen molar-refractivity contribution in [3.63, 3.8) is 0 Å². The van der Waals surface area contributed by atoms with Crippen molar-refractivity contribution in [3.05, 3.63) is 11.6 Å². The Hall–Kier alpha value is -0.510. The standard InChI is InChI=1S/C14H22F3N/c15-14(16,17)12-8-6-11(7-9-12)13(18)10-4-2-1-3-5-10/h4,11-13H,1-3,5-9,18H2. The minimum Gasteiger partial charge on any atom is -0.324 e. The number of rotatable bonds is 2. The van der Waals surface area contributed by atoms with Crippen LogP contribution in [0, 0.1) is 11.8 Å². The van der Waals surface area contributed by atoms with Crippen molar-refractivity contribution in [2.75, 3.05) is 0 Å². The molecule has 4 heteroatoms. The summed E-state index contributed by atoms with van der Waals surface area (Å²) >= 11 is 0. The first-order valence-corrected chi connectivity index (χ1v) is 6.99. The van der Waals surface area contributed by atoms with E-state index in [4.69, 9.17) is 5.73 Å². The van der Waals surface area contributed by atoms with Crippen LogP contribution in [0.5, 0.6) is 0 Å². The van der Waals surface area contributed by atoms with Gasteiger partial charge in [0.15, 0.2) is 0 Å². The molecule has 104 valence electrons. The molecule has 0 aliphatic heterocycles. The minimum absolute atomic E-state index is 0.000478. The summed E-state index contributed by atoms with van der Waals surface area (Å²) in [6.07, 6.45) is 4.49. The average molecular weight is 261 g/mol. The Bertz CT molecular complexity index is 301. The first kappa shape index (κ1) is 13.9. The van der Waals surface area contributed by atoms with Gasteiger partial charge >= 0.3 is 6.18 Å². The van der Waals surface area contributed by atoms with Gasteiger partial charge in [-0.1, -0.05) is 11.6 Å². The molecule has 1 atom stereocenters. The molecule has 1 nitrogen and oxygen atoms in total. The summed E-state index contributed by atoms with van der Waals surface area (Å²) in [6, 6.07) is -0.000478. The highest BCUT2D eigenvalue weighted by Gasteiger charge is 2.42. The fourth-order valence-electron chi connectivity index (χ4n) is 3.27. The van der Waals surface area contributed by atoms with Gasteiger partial charge in [0.05, 0.1) is 5.92 Å². The fraction of sp³-hybridized carbons (Fsp3) is 0.857.